The lowest BCUT2D eigenvalue weighted by Gasteiger charge is -2.23. The lowest BCUT2D eigenvalue weighted by molar-refractivity contribution is -0.154. The Balaban J connectivity index is 2.51. The average molecular weight is 415 g/mol. The Labute approximate surface area is 174 Å². The van der Waals surface area contributed by atoms with Gasteiger partial charge in [0.05, 0.1) is 12.7 Å². The van der Waals surface area contributed by atoms with E-state index in [-0.39, 0.29) is 36.2 Å². The number of hydrogen-bond donors (Lipinski definition) is 0. The first-order chi connectivity index (χ1) is 14.0. The molecule has 1 heterocycles. The standard InChI is InChI=1S/C22H38O7/c1-4-20(23)27-16-8-10-18(28-21(24)5-2)13-14-19(29-22(25)6-3)12-11-17-9-7-15-26-17/h17-19H,4-16H2,1-3H3/t17-,18+,19-/m0/s1. The van der Waals surface area contributed by atoms with Crippen LogP contribution in [0.4, 0.5) is 0 Å². The van der Waals surface area contributed by atoms with E-state index < -0.39 is 0 Å². The highest BCUT2D eigenvalue weighted by Gasteiger charge is 2.22. The van der Waals surface area contributed by atoms with Gasteiger partial charge in [0.1, 0.15) is 12.2 Å². The molecule has 1 aliphatic heterocycles. The summed E-state index contributed by atoms with van der Waals surface area (Å²) in [6.07, 6.45) is 7.03. The van der Waals surface area contributed by atoms with Crippen LogP contribution in [-0.2, 0) is 33.3 Å². The van der Waals surface area contributed by atoms with Crippen molar-refractivity contribution in [3.8, 4) is 0 Å². The van der Waals surface area contributed by atoms with Gasteiger partial charge in [-0.3, -0.25) is 14.4 Å². The molecule has 1 saturated heterocycles. The first kappa shape index (κ1) is 25.4. The molecule has 29 heavy (non-hydrogen) atoms. The van der Waals surface area contributed by atoms with Crippen LogP contribution in [0.5, 0.6) is 0 Å². The van der Waals surface area contributed by atoms with Gasteiger partial charge in [0.25, 0.3) is 0 Å². The minimum absolute atomic E-state index is 0.201. The third-order valence-electron chi connectivity index (χ3n) is 5.04. The third-order valence-corrected chi connectivity index (χ3v) is 5.04. The number of hydrogen-bond acceptors (Lipinski definition) is 7. The Bertz CT molecular complexity index is 486. The van der Waals surface area contributed by atoms with Crippen molar-refractivity contribution in [3.05, 3.63) is 0 Å². The van der Waals surface area contributed by atoms with Gasteiger partial charge in [-0.15, -0.1) is 0 Å². The predicted octanol–water partition coefficient (Wildman–Crippen LogP) is 4.10. The minimum Gasteiger partial charge on any atom is -0.466 e. The van der Waals surface area contributed by atoms with Crippen molar-refractivity contribution in [1.29, 1.82) is 0 Å². The molecule has 0 unspecified atom stereocenters. The van der Waals surface area contributed by atoms with E-state index >= 15 is 0 Å². The molecule has 0 bridgehead atoms. The lowest BCUT2D eigenvalue weighted by Crippen LogP contribution is -2.24. The summed E-state index contributed by atoms with van der Waals surface area (Å²) in [5, 5.41) is 0. The fourth-order valence-electron chi connectivity index (χ4n) is 3.28. The van der Waals surface area contributed by atoms with Gasteiger partial charge in [-0.2, -0.15) is 0 Å². The summed E-state index contributed by atoms with van der Waals surface area (Å²) in [7, 11) is 0. The van der Waals surface area contributed by atoms with Crippen molar-refractivity contribution in [1.82, 2.24) is 0 Å². The Kier molecular flexibility index (Phi) is 13.4. The molecule has 3 atom stereocenters. The van der Waals surface area contributed by atoms with E-state index in [1.165, 1.54) is 0 Å². The van der Waals surface area contributed by atoms with Crippen molar-refractivity contribution >= 4 is 17.9 Å². The first-order valence-corrected chi connectivity index (χ1v) is 11.1. The molecule has 168 valence electrons. The maximum absolute atomic E-state index is 11.8. The molecule has 7 nitrogen and oxygen atoms in total. The fourth-order valence-corrected chi connectivity index (χ4v) is 3.28. The maximum atomic E-state index is 11.8. The molecule has 7 heteroatoms. The molecule has 0 spiro atoms. The van der Waals surface area contributed by atoms with Crippen LogP contribution in [0.3, 0.4) is 0 Å². The van der Waals surface area contributed by atoms with Gasteiger partial charge in [0.15, 0.2) is 0 Å². The molecule has 0 aromatic rings. The Morgan fingerprint density at radius 1 is 0.862 bits per heavy atom. The number of rotatable bonds is 15. The van der Waals surface area contributed by atoms with Gasteiger partial charge in [0.2, 0.25) is 0 Å². The molecule has 0 saturated carbocycles. The smallest absolute Gasteiger partial charge is 0.305 e. The van der Waals surface area contributed by atoms with Gasteiger partial charge >= 0.3 is 17.9 Å². The van der Waals surface area contributed by atoms with Crippen LogP contribution < -0.4 is 0 Å². The average Bonchev–Trinajstić information content (AvgIpc) is 3.25. The Morgan fingerprint density at radius 3 is 1.97 bits per heavy atom. The minimum atomic E-state index is -0.270. The van der Waals surface area contributed by atoms with Crippen LogP contribution in [0.1, 0.15) is 91.4 Å². The molecule has 0 radical (unpaired) electrons. The largest absolute Gasteiger partial charge is 0.466 e. The van der Waals surface area contributed by atoms with Gasteiger partial charge in [0, 0.05) is 25.9 Å². The summed E-state index contributed by atoms with van der Waals surface area (Å²) in [5.41, 5.74) is 0. The van der Waals surface area contributed by atoms with Gasteiger partial charge < -0.3 is 18.9 Å². The summed E-state index contributed by atoms with van der Waals surface area (Å²) >= 11 is 0. The molecular weight excluding hydrogens is 376 g/mol. The molecule has 0 amide bonds. The summed E-state index contributed by atoms with van der Waals surface area (Å²) < 4.78 is 21.9. The van der Waals surface area contributed by atoms with Crippen LogP contribution in [0.2, 0.25) is 0 Å². The van der Waals surface area contributed by atoms with E-state index in [0.29, 0.717) is 51.6 Å². The summed E-state index contributed by atoms with van der Waals surface area (Å²) in [6.45, 7) is 6.42. The van der Waals surface area contributed by atoms with Crippen LogP contribution in [0.15, 0.2) is 0 Å². The Hall–Kier alpha value is -1.63. The molecular formula is C22H38O7. The molecule has 0 aromatic heterocycles. The number of carbonyl (C=O) groups is 3. The van der Waals surface area contributed by atoms with Crippen LogP contribution in [0, 0.1) is 0 Å². The second kappa shape index (κ2) is 15.2. The maximum Gasteiger partial charge on any atom is 0.305 e. The summed E-state index contributed by atoms with van der Waals surface area (Å²) in [6, 6.07) is 0. The zero-order chi connectivity index (χ0) is 21.5. The number of carbonyl (C=O) groups excluding carboxylic acids is 3. The van der Waals surface area contributed by atoms with Crippen molar-refractivity contribution < 1.29 is 33.3 Å². The highest BCUT2D eigenvalue weighted by Crippen LogP contribution is 2.22. The van der Waals surface area contributed by atoms with Crippen molar-refractivity contribution in [2.75, 3.05) is 13.2 Å². The summed E-state index contributed by atoms with van der Waals surface area (Å²) in [5.74, 6) is -0.689. The van der Waals surface area contributed by atoms with Crippen LogP contribution >= 0.6 is 0 Å². The normalized spacial score (nSPS) is 18.1. The highest BCUT2D eigenvalue weighted by atomic mass is 16.6. The topological polar surface area (TPSA) is 88.1 Å². The van der Waals surface area contributed by atoms with Crippen molar-refractivity contribution in [3.63, 3.8) is 0 Å². The van der Waals surface area contributed by atoms with E-state index in [1.807, 2.05) is 0 Å². The second-order valence-electron chi connectivity index (χ2n) is 7.44. The zero-order valence-electron chi connectivity index (χ0n) is 18.3. The van der Waals surface area contributed by atoms with Gasteiger partial charge in [-0.05, 0) is 51.4 Å². The molecule has 1 rings (SSSR count). The predicted molar refractivity (Wildman–Crippen MR) is 108 cm³/mol. The third kappa shape index (κ3) is 11.8. The summed E-state index contributed by atoms with van der Waals surface area (Å²) in [4.78, 5) is 34.8. The van der Waals surface area contributed by atoms with E-state index in [0.717, 1.165) is 32.3 Å². The molecule has 0 aromatic carbocycles. The van der Waals surface area contributed by atoms with E-state index in [4.69, 9.17) is 18.9 Å². The monoisotopic (exact) mass is 414 g/mol. The van der Waals surface area contributed by atoms with E-state index in [9.17, 15) is 14.4 Å². The van der Waals surface area contributed by atoms with Crippen molar-refractivity contribution in [2.45, 2.75) is 110 Å². The SMILES string of the molecule is CCC(=O)OCCC[C@H](CC[C@H](CC[C@@H]1CCCO1)OC(=O)CC)OC(=O)CC. The fraction of sp³-hybridized carbons (Fsp3) is 0.864. The quantitative estimate of drug-likeness (QED) is 0.226. The van der Waals surface area contributed by atoms with Crippen molar-refractivity contribution in [2.24, 2.45) is 0 Å². The van der Waals surface area contributed by atoms with E-state index in [2.05, 4.69) is 0 Å². The number of ether oxygens (including phenoxy) is 4. The molecule has 1 aliphatic rings. The molecule has 0 N–H and O–H groups in total. The second-order valence-corrected chi connectivity index (χ2v) is 7.44. The van der Waals surface area contributed by atoms with Gasteiger partial charge in [-0.25, -0.2) is 0 Å². The zero-order valence-corrected chi connectivity index (χ0v) is 18.3. The Morgan fingerprint density at radius 2 is 1.45 bits per heavy atom. The van der Waals surface area contributed by atoms with Gasteiger partial charge in [-0.1, -0.05) is 20.8 Å². The van der Waals surface area contributed by atoms with Crippen LogP contribution in [-0.4, -0.2) is 49.4 Å². The van der Waals surface area contributed by atoms with E-state index in [1.54, 1.807) is 20.8 Å². The highest BCUT2D eigenvalue weighted by molar-refractivity contribution is 5.69. The number of esters is 3. The van der Waals surface area contributed by atoms with Crippen LogP contribution in [0.25, 0.3) is 0 Å². The molecule has 0 aliphatic carbocycles. The first-order valence-electron chi connectivity index (χ1n) is 11.1. The molecule has 1 fully saturated rings. The lowest BCUT2D eigenvalue weighted by atomic mass is 10.0.